The van der Waals surface area contributed by atoms with Crippen LogP contribution in [0.2, 0.25) is 0 Å². The van der Waals surface area contributed by atoms with E-state index < -0.39 is 0 Å². The molecule has 0 amide bonds. The van der Waals surface area contributed by atoms with Crippen molar-refractivity contribution in [1.82, 2.24) is 5.32 Å². The lowest BCUT2D eigenvalue weighted by atomic mass is 9.71. The Morgan fingerprint density at radius 1 is 1.20 bits per heavy atom. The lowest BCUT2D eigenvalue weighted by Gasteiger charge is -2.36. The van der Waals surface area contributed by atoms with Crippen LogP contribution in [0.4, 0.5) is 0 Å². The zero-order chi connectivity index (χ0) is 14.5. The van der Waals surface area contributed by atoms with E-state index in [2.05, 4.69) is 18.3 Å². The van der Waals surface area contributed by atoms with E-state index in [1.807, 2.05) is 19.2 Å². The van der Waals surface area contributed by atoms with Crippen LogP contribution in [0.3, 0.4) is 0 Å². The summed E-state index contributed by atoms with van der Waals surface area (Å²) < 4.78 is 10.9. The minimum Gasteiger partial charge on any atom is -0.497 e. The second-order valence-corrected chi connectivity index (χ2v) is 5.95. The van der Waals surface area contributed by atoms with Crippen LogP contribution in [-0.4, -0.2) is 27.8 Å². The summed E-state index contributed by atoms with van der Waals surface area (Å²) >= 11 is 0. The van der Waals surface area contributed by atoms with Crippen molar-refractivity contribution >= 4 is 0 Å². The zero-order valence-electron chi connectivity index (χ0n) is 13.1. The molecule has 1 aromatic rings. The maximum absolute atomic E-state index is 5.60. The lowest BCUT2D eigenvalue weighted by Crippen LogP contribution is -2.30. The summed E-state index contributed by atoms with van der Waals surface area (Å²) in [6, 6.07) is 6.24. The van der Waals surface area contributed by atoms with Gasteiger partial charge in [0.1, 0.15) is 11.5 Å². The standard InChI is InChI=1S/C17H27NO2/c1-12-5-6-13(11-18-2)16(9-12)15-8-7-14(19-3)10-17(15)20-4/h7-8,10,12-13,16,18H,5-6,9,11H2,1-4H3. The predicted molar refractivity (Wildman–Crippen MR) is 82.7 cm³/mol. The van der Waals surface area contributed by atoms with Crippen LogP contribution >= 0.6 is 0 Å². The second kappa shape index (κ2) is 6.98. The SMILES string of the molecule is CNCC1CCC(C)CC1c1ccc(OC)cc1OC. The highest BCUT2D eigenvalue weighted by Crippen LogP contribution is 2.44. The molecule has 1 aliphatic rings. The van der Waals surface area contributed by atoms with Crippen molar-refractivity contribution in [3.05, 3.63) is 23.8 Å². The van der Waals surface area contributed by atoms with Gasteiger partial charge in [-0.25, -0.2) is 0 Å². The van der Waals surface area contributed by atoms with Crippen LogP contribution in [0.1, 0.15) is 37.7 Å². The summed E-state index contributed by atoms with van der Waals surface area (Å²) in [6.07, 6.45) is 3.87. The molecule has 20 heavy (non-hydrogen) atoms. The minimum absolute atomic E-state index is 0.576. The highest BCUT2D eigenvalue weighted by molar-refractivity contribution is 5.43. The van der Waals surface area contributed by atoms with Crippen molar-refractivity contribution < 1.29 is 9.47 Å². The van der Waals surface area contributed by atoms with E-state index in [1.54, 1.807) is 14.2 Å². The average molecular weight is 277 g/mol. The molecular formula is C17H27NO2. The number of nitrogens with one attached hydrogen (secondary N) is 1. The predicted octanol–water partition coefficient (Wildman–Crippen LogP) is 3.44. The Labute approximate surface area is 122 Å². The van der Waals surface area contributed by atoms with Crippen LogP contribution < -0.4 is 14.8 Å². The van der Waals surface area contributed by atoms with E-state index in [-0.39, 0.29) is 0 Å². The molecule has 3 heteroatoms. The Morgan fingerprint density at radius 3 is 2.65 bits per heavy atom. The molecule has 0 heterocycles. The largest absolute Gasteiger partial charge is 0.497 e. The fraction of sp³-hybridized carbons (Fsp3) is 0.647. The Balaban J connectivity index is 2.30. The Morgan fingerprint density at radius 2 is 2.00 bits per heavy atom. The van der Waals surface area contributed by atoms with E-state index in [4.69, 9.17) is 9.47 Å². The van der Waals surface area contributed by atoms with E-state index in [0.717, 1.165) is 24.0 Å². The highest BCUT2D eigenvalue weighted by atomic mass is 16.5. The summed E-state index contributed by atoms with van der Waals surface area (Å²) in [4.78, 5) is 0. The van der Waals surface area contributed by atoms with Crippen LogP contribution in [0.5, 0.6) is 11.5 Å². The topological polar surface area (TPSA) is 30.5 Å². The van der Waals surface area contributed by atoms with Crippen LogP contribution in [0.25, 0.3) is 0 Å². The first-order chi connectivity index (χ1) is 9.69. The normalized spacial score (nSPS) is 26.3. The summed E-state index contributed by atoms with van der Waals surface area (Å²) in [6.45, 7) is 3.44. The van der Waals surface area contributed by atoms with Gasteiger partial charge in [-0.1, -0.05) is 19.4 Å². The van der Waals surface area contributed by atoms with Crippen molar-refractivity contribution in [2.45, 2.75) is 32.1 Å². The van der Waals surface area contributed by atoms with Crippen molar-refractivity contribution in [3.8, 4) is 11.5 Å². The third kappa shape index (κ3) is 3.26. The van der Waals surface area contributed by atoms with Gasteiger partial charge >= 0.3 is 0 Å². The van der Waals surface area contributed by atoms with Gasteiger partial charge in [0.05, 0.1) is 14.2 Å². The second-order valence-electron chi connectivity index (χ2n) is 5.95. The molecule has 1 saturated carbocycles. The van der Waals surface area contributed by atoms with Gasteiger partial charge in [0.15, 0.2) is 0 Å². The molecule has 1 fully saturated rings. The molecule has 112 valence electrons. The van der Waals surface area contributed by atoms with Crippen molar-refractivity contribution in [2.75, 3.05) is 27.8 Å². The first-order valence-electron chi connectivity index (χ1n) is 7.56. The molecule has 3 atom stereocenters. The third-order valence-corrected chi connectivity index (χ3v) is 4.56. The van der Waals surface area contributed by atoms with Gasteiger partial charge in [-0.2, -0.15) is 0 Å². The van der Waals surface area contributed by atoms with Crippen LogP contribution in [0.15, 0.2) is 18.2 Å². The Bertz CT molecular complexity index is 433. The average Bonchev–Trinajstić information content (AvgIpc) is 2.48. The fourth-order valence-corrected chi connectivity index (χ4v) is 3.46. The number of hydrogen-bond acceptors (Lipinski definition) is 3. The smallest absolute Gasteiger partial charge is 0.126 e. The Kier molecular flexibility index (Phi) is 5.30. The summed E-state index contributed by atoms with van der Waals surface area (Å²) in [7, 11) is 5.49. The third-order valence-electron chi connectivity index (χ3n) is 4.56. The summed E-state index contributed by atoms with van der Waals surface area (Å²) in [5.74, 6) is 3.88. The molecule has 0 bridgehead atoms. The molecule has 0 saturated heterocycles. The van der Waals surface area contributed by atoms with E-state index in [9.17, 15) is 0 Å². The first-order valence-corrected chi connectivity index (χ1v) is 7.56. The van der Waals surface area contributed by atoms with Gasteiger partial charge in [0.2, 0.25) is 0 Å². The number of rotatable bonds is 5. The van der Waals surface area contributed by atoms with Gasteiger partial charge < -0.3 is 14.8 Å². The maximum Gasteiger partial charge on any atom is 0.126 e. The molecule has 3 unspecified atom stereocenters. The molecule has 2 rings (SSSR count). The molecular weight excluding hydrogens is 250 g/mol. The van der Waals surface area contributed by atoms with Crippen molar-refractivity contribution in [2.24, 2.45) is 11.8 Å². The van der Waals surface area contributed by atoms with Crippen molar-refractivity contribution in [3.63, 3.8) is 0 Å². The molecule has 0 aromatic heterocycles. The van der Waals surface area contributed by atoms with Crippen LogP contribution in [-0.2, 0) is 0 Å². The summed E-state index contributed by atoms with van der Waals surface area (Å²) in [5, 5.41) is 3.35. The molecule has 1 aliphatic carbocycles. The Hall–Kier alpha value is -1.22. The molecule has 0 radical (unpaired) electrons. The molecule has 0 aliphatic heterocycles. The van der Waals surface area contributed by atoms with Crippen LogP contribution in [0, 0.1) is 11.8 Å². The van der Waals surface area contributed by atoms with Gasteiger partial charge in [0.25, 0.3) is 0 Å². The molecule has 1 N–H and O–H groups in total. The number of ether oxygens (including phenoxy) is 2. The minimum atomic E-state index is 0.576. The summed E-state index contributed by atoms with van der Waals surface area (Å²) in [5.41, 5.74) is 1.33. The first kappa shape index (κ1) is 15.2. The monoisotopic (exact) mass is 277 g/mol. The molecule has 3 nitrogen and oxygen atoms in total. The van der Waals surface area contributed by atoms with Gasteiger partial charge in [-0.3, -0.25) is 0 Å². The van der Waals surface area contributed by atoms with Gasteiger partial charge in [-0.05, 0) is 55.8 Å². The lowest BCUT2D eigenvalue weighted by molar-refractivity contribution is 0.240. The van der Waals surface area contributed by atoms with E-state index in [1.165, 1.54) is 24.8 Å². The number of benzene rings is 1. The number of methoxy groups -OCH3 is 2. The van der Waals surface area contributed by atoms with Gasteiger partial charge in [-0.15, -0.1) is 0 Å². The zero-order valence-corrected chi connectivity index (χ0v) is 13.1. The van der Waals surface area contributed by atoms with Crippen molar-refractivity contribution in [1.29, 1.82) is 0 Å². The maximum atomic E-state index is 5.60. The molecule has 1 aromatic carbocycles. The van der Waals surface area contributed by atoms with Gasteiger partial charge in [0, 0.05) is 6.07 Å². The molecule has 0 spiro atoms. The quantitative estimate of drug-likeness (QED) is 0.894. The number of hydrogen-bond donors (Lipinski definition) is 1. The fourth-order valence-electron chi connectivity index (χ4n) is 3.46. The van der Waals surface area contributed by atoms with E-state index >= 15 is 0 Å². The van der Waals surface area contributed by atoms with E-state index in [0.29, 0.717) is 11.8 Å². The highest BCUT2D eigenvalue weighted by Gasteiger charge is 2.31.